The third kappa shape index (κ3) is 3.36. The molecule has 2 atom stereocenters. The quantitative estimate of drug-likeness (QED) is 0.754. The number of carbonyl (C=O) groups excluding carboxylic acids is 1. The van der Waals surface area contributed by atoms with E-state index in [0.29, 0.717) is 25.9 Å². The summed E-state index contributed by atoms with van der Waals surface area (Å²) in [6.45, 7) is 4.56. The first-order chi connectivity index (χ1) is 7.91. The molecule has 1 fully saturated rings. The monoisotopic (exact) mass is 251 g/mol. The van der Waals surface area contributed by atoms with Crippen LogP contribution < -0.4 is 0 Å². The molecule has 1 amide bonds. The number of hydrogen-bond donors (Lipinski definition) is 0. The maximum absolute atomic E-state index is 12.9. The molecule has 5 heteroatoms. The van der Waals surface area contributed by atoms with E-state index in [1.165, 1.54) is 4.90 Å². The first kappa shape index (κ1) is 14.3. The van der Waals surface area contributed by atoms with Crippen LogP contribution in [0.5, 0.6) is 0 Å². The van der Waals surface area contributed by atoms with Crippen molar-refractivity contribution >= 4 is 5.91 Å². The highest BCUT2D eigenvalue weighted by Crippen LogP contribution is 2.42. The molecule has 2 nitrogen and oxygen atoms in total. The zero-order valence-corrected chi connectivity index (χ0v) is 10.4. The van der Waals surface area contributed by atoms with Gasteiger partial charge in [0.15, 0.2) is 0 Å². The summed E-state index contributed by atoms with van der Waals surface area (Å²) < 4.78 is 38.6. The second-order valence-corrected chi connectivity index (χ2v) is 4.55. The van der Waals surface area contributed by atoms with Gasteiger partial charge in [-0.25, -0.2) is 0 Å². The summed E-state index contributed by atoms with van der Waals surface area (Å²) in [5.41, 5.74) is 0. The number of alkyl halides is 3. The summed E-state index contributed by atoms with van der Waals surface area (Å²) in [4.78, 5) is 13.6. The van der Waals surface area contributed by atoms with Crippen molar-refractivity contribution in [3.63, 3.8) is 0 Å². The largest absolute Gasteiger partial charge is 0.392 e. The summed E-state index contributed by atoms with van der Waals surface area (Å²) in [6, 6.07) is 0. The molecule has 2 unspecified atom stereocenters. The van der Waals surface area contributed by atoms with Crippen molar-refractivity contribution in [1.82, 2.24) is 4.90 Å². The fourth-order valence-corrected chi connectivity index (χ4v) is 2.59. The minimum absolute atomic E-state index is 0.0984. The van der Waals surface area contributed by atoms with Crippen LogP contribution in [-0.4, -0.2) is 30.1 Å². The molecule has 0 aliphatic heterocycles. The number of amides is 1. The van der Waals surface area contributed by atoms with Crippen LogP contribution in [0.3, 0.4) is 0 Å². The maximum Gasteiger partial charge on any atom is 0.392 e. The molecule has 0 bridgehead atoms. The maximum atomic E-state index is 12.9. The Kier molecular flexibility index (Phi) is 4.83. The van der Waals surface area contributed by atoms with Gasteiger partial charge in [0.1, 0.15) is 0 Å². The molecule has 0 aromatic carbocycles. The predicted octanol–water partition coefficient (Wildman–Crippen LogP) is 3.22. The SMILES string of the molecule is CCN(CC)C(=O)C1CCCCC1C(F)(F)F. The molecule has 1 aliphatic carbocycles. The van der Waals surface area contributed by atoms with Crippen LogP contribution in [-0.2, 0) is 4.79 Å². The first-order valence-electron chi connectivity index (χ1n) is 6.27. The number of carbonyl (C=O) groups is 1. The third-order valence-electron chi connectivity index (χ3n) is 3.58. The molecule has 1 aliphatic rings. The summed E-state index contributed by atoms with van der Waals surface area (Å²) >= 11 is 0. The number of nitrogens with zero attached hydrogens (tertiary/aromatic N) is 1. The fourth-order valence-electron chi connectivity index (χ4n) is 2.59. The Labute approximate surface area is 100 Å². The highest BCUT2D eigenvalue weighted by Gasteiger charge is 2.48. The van der Waals surface area contributed by atoms with E-state index in [1.54, 1.807) is 13.8 Å². The highest BCUT2D eigenvalue weighted by atomic mass is 19.4. The van der Waals surface area contributed by atoms with Crippen LogP contribution in [0.25, 0.3) is 0 Å². The molecular formula is C12H20F3NO. The lowest BCUT2D eigenvalue weighted by Crippen LogP contribution is -2.44. The lowest BCUT2D eigenvalue weighted by Gasteiger charge is -2.35. The van der Waals surface area contributed by atoms with Crippen LogP contribution >= 0.6 is 0 Å². The average molecular weight is 251 g/mol. The van der Waals surface area contributed by atoms with E-state index >= 15 is 0 Å². The predicted molar refractivity (Wildman–Crippen MR) is 59.4 cm³/mol. The van der Waals surface area contributed by atoms with Crippen molar-refractivity contribution in [2.75, 3.05) is 13.1 Å². The van der Waals surface area contributed by atoms with E-state index in [-0.39, 0.29) is 12.3 Å². The molecule has 100 valence electrons. The van der Waals surface area contributed by atoms with Gasteiger partial charge in [-0.15, -0.1) is 0 Å². The van der Waals surface area contributed by atoms with Gasteiger partial charge in [-0.2, -0.15) is 13.2 Å². The molecule has 0 saturated heterocycles. The molecule has 0 radical (unpaired) electrons. The smallest absolute Gasteiger partial charge is 0.343 e. The second kappa shape index (κ2) is 5.74. The van der Waals surface area contributed by atoms with Crippen LogP contribution in [0.2, 0.25) is 0 Å². The van der Waals surface area contributed by atoms with Crippen molar-refractivity contribution in [2.45, 2.75) is 45.7 Å². The minimum atomic E-state index is -4.24. The molecular weight excluding hydrogens is 231 g/mol. The Balaban J connectivity index is 2.81. The minimum Gasteiger partial charge on any atom is -0.343 e. The van der Waals surface area contributed by atoms with Crippen molar-refractivity contribution in [1.29, 1.82) is 0 Å². The lowest BCUT2D eigenvalue weighted by molar-refractivity contribution is -0.200. The molecule has 0 spiro atoms. The van der Waals surface area contributed by atoms with Gasteiger partial charge < -0.3 is 4.90 Å². The van der Waals surface area contributed by atoms with E-state index in [4.69, 9.17) is 0 Å². The van der Waals surface area contributed by atoms with Crippen molar-refractivity contribution in [2.24, 2.45) is 11.8 Å². The summed E-state index contributed by atoms with van der Waals surface area (Å²) in [5, 5.41) is 0. The average Bonchev–Trinajstić information content (AvgIpc) is 2.29. The van der Waals surface area contributed by atoms with Gasteiger partial charge in [-0.05, 0) is 26.7 Å². The molecule has 0 aromatic heterocycles. The summed E-state index contributed by atoms with van der Waals surface area (Å²) in [7, 11) is 0. The summed E-state index contributed by atoms with van der Waals surface area (Å²) in [6.07, 6.45) is -2.47. The Bertz CT molecular complexity index is 261. The van der Waals surface area contributed by atoms with E-state index in [9.17, 15) is 18.0 Å². The fraction of sp³-hybridized carbons (Fsp3) is 0.917. The van der Waals surface area contributed by atoms with Crippen LogP contribution in [0, 0.1) is 11.8 Å². The summed E-state index contributed by atoms with van der Waals surface area (Å²) in [5.74, 6) is -2.62. The van der Waals surface area contributed by atoms with Gasteiger partial charge in [-0.1, -0.05) is 12.8 Å². The molecule has 17 heavy (non-hydrogen) atoms. The molecule has 1 rings (SSSR count). The standard InChI is InChI=1S/C12H20F3NO/c1-3-16(4-2)11(17)9-7-5-6-8-10(9)12(13,14)15/h9-10H,3-8H2,1-2H3. The van der Waals surface area contributed by atoms with E-state index in [2.05, 4.69) is 0 Å². The number of halogens is 3. The van der Waals surface area contributed by atoms with Gasteiger partial charge in [0, 0.05) is 19.0 Å². The Morgan fingerprint density at radius 2 is 1.71 bits per heavy atom. The van der Waals surface area contributed by atoms with Gasteiger partial charge in [0.25, 0.3) is 0 Å². The first-order valence-corrected chi connectivity index (χ1v) is 6.27. The Morgan fingerprint density at radius 1 is 1.18 bits per heavy atom. The molecule has 0 aromatic rings. The zero-order chi connectivity index (χ0) is 13.1. The Hall–Kier alpha value is -0.740. The second-order valence-electron chi connectivity index (χ2n) is 4.55. The van der Waals surface area contributed by atoms with Gasteiger partial charge in [-0.3, -0.25) is 4.79 Å². The van der Waals surface area contributed by atoms with Crippen LogP contribution in [0.15, 0.2) is 0 Å². The zero-order valence-electron chi connectivity index (χ0n) is 10.4. The number of rotatable bonds is 3. The lowest BCUT2D eigenvalue weighted by atomic mass is 9.78. The van der Waals surface area contributed by atoms with Crippen molar-refractivity contribution in [3.05, 3.63) is 0 Å². The molecule has 1 saturated carbocycles. The van der Waals surface area contributed by atoms with Gasteiger partial charge in [0.2, 0.25) is 5.91 Å². The molecule has 0 heterocycles. The highest BCUT2D eigenvalue weighted by molar-refractivity contribution is 5.79. The van der Waals surface area contributed by atoms with Crippen LogP contribution in [0.4, 0.5) is 13.2 Å². The molecule has 0 N–H and O–H groups in total. The van der Waals surface area contributed by atoms with E-state index < -0.39 is 18.0 Å². The van der Waals surface area contributed by atoms with Gasteiger partial charge >= 0.3 is 6.18 Å². The number of hydrogen-bond acceptors (Lipinski definition) is 1. The normalized spacial score (nSPS) is 25.7. The van der Waals surface area contributed by atoms with Crippen LogP contribution in [0.1, 0.15) is 39.5 Å². The van der Waals surface area contributed by atoms with Crippen molar-refractivity contribution in [3.8, 4) is 0 Å². The van der Waals surface area contributed by atoms with E-state index in [1.807, 2.05) is 0 Å². The van der Waals surface area contributed by atoms with E-state index in [0.717, 1.165) is 6.42 Å². The van der Waals surface area contributed by atoms with Gasteiger partial charge in [0.05, 0.1) is 5.92 Å². The third-order valence-corrected chi connectivity index (χ3v) is 3.58. The topological polar surface area (TPSA) is 20.3 Å². The van der Waals surface area contributed by atoms with Crippen molar-refractivity contribution < 1.29 is 18.0 Å². The Morgan fingerprint density at radius 3 is 2.18 bits per heavy atom.